The van der Waals surface area contributed by atoms with Crippen LogP contribution in [0, 0.1) is 0 Å². The Morgan fingerprint density at radius 2 is 2.35 bits per heavy atom. The highest BCUT2D eigenvalue weighted by atomic mass is 32.2. The van der Waals surface area contributed by atoms with Gasteiger partial charge in [-0.2, -0.15) is 0 Å². The predicted molar refractivity (Wildman–Crippen MR) is 63.6 cm³/mol. The Hall–Kier alpha value is -1.89. The average molecular weight is 246 g/mol. The fourth-order valence-corrected chi connectivity index (χ4v) is 2.26. The molecule has 0 N–H and O–H groups in total. The van der Waals surface area contributed by atoms with Gasteiger partial charge < -0.3 is 4.57 Å². The molecule has 3 rings (SSSR count). The summed E-state index contributed by atoms with van der Waals surface area (Å²) in [7, 11) is 1.92. The Morgan fingerprint density at radius 1 is 1.41 bits per heavy atom. The van der Waals surface area contributed by atoms with Crippen molar-refractivity contribution in [3.63, 3.8) is 0 Å². The van der Waals surface area contributed by atoms with Crippen molar-refractivity contribution < 1.29 is 0 Å². The van der Waals surface area contributed by atoms with E-state index in [2.05, 4.69) is 20.2 Å². The SMILES string of the molecule is Cn1cnnc1SCc1cn2cccnc2n1. The van der Waals surface area contributed by atoms with Crippen molar-refractivity contribution in [3.05, 3.63) is 36.7 Å². The van der Waals surface area contributed by atoms with E-state index in [-0.39, 0.29) is 0 Å². The third kappa shape index (κ3) is 2.01. The minimum absolute atomic E-state index is 0.723. The van der Waals surface area contributed by atoms with E-state index in [9.17, 15) is 0 Å². The lowest BCUT2D eigenvalue weighted by molar-refractivity contribution is 0.788. The van der Waals surface area contributed by atoms with Gasteiger partial charge in [0, 0.05) is 31.4 Å². The van der Waals surface area contributed by atoms with Crippen LogP contribution in [0.1, 0.15) is 5.69 Å². The minimum Gasteiger partial charge on any atom is -0.312 e. The fourth-order valence-electron chi connectivity index (χ4n) is 1.49. The molecule has 0 amide bonds. The maximum atomic E-state index is 4.42. The smallest absolute Gasteiger partial charge is 0.233 e. The molecule has 17 heavy (non-hydrogen) atoms. The molecule has 0 saturated heterocycles. The number of hydrogen-bond acceptors (Lipinski definition) is 5. The molecule has 0 saturated carbocycles. The summed E-state index contributed by atoms with van der Waals surface area (Å²) in [5, 5.41) is 8.73. The number of hydrogen-bond donors (Lipinski definition) is 0. The Kier molecular flexibility index (Phi) is 2.52. The van der Waals surface area contributed by atoms with Crippen LogP contribution in [0.2, 0.25) is 0 Å². The van der Waals surface area contributed by atoms with Gasteiger partial charge in [-0.1, -0.05) is 11.8 Å². The van der Waals surface area contributed by atoms with Crippen molar-refractivity contribution in [3.8, 4) is 0 Å². The van der Waals surface area contributed by atoms with Crippen LogP contribution in [-0.4, -0.2) is 29.1 Å². The van der Waals surface area contributed by atoms with Crippen molar-refractivity contribution in [2.24, 2.45) is 7.05 Å². The quantitative estimate of drug-likeness (QED) is 0.649. The summed E-state index contributed by atoms with van der Waals surface area (Å²) in [5.41, 5.74) is 0.983. The van der Waals surface area contributed by atoms with Crippen LogP contribution < -0.4 is 0 Å². The summed E-state index contributed by atoms with van der Waals surface area (Å²) in [6.07, 6.45) is 7.34. The number of fused-ring (bicyclic) bond motifs is 1. The fraction of sp³-hybridized carbons (Fsp3) is 0.200. The molecule has 0 aliphatic rings. The normalized spacial score (nSPS) is 11.1. The van der Waals surface area contributed by atoms with E-state index in [0.29, 0.717) is 0 Å². The van der Waals surface area contributed by atoms with E-state index in [1.165, 1.54) is 0 Å². The Morgan fingerprint density at radius 3 is 3.12 bits per heavy atom. The van der Waals surface area contributed by atoms with E-state index in [1.807, 2.05) is 34.5 Å². The molecule has 0 radical (unpaired) electrons. The Bertz CT molecular complexity index is 610. The molecule has 3 aromatic rings. The highest BCUT2D eigenvalue weighted by Crippen LogP contribution is 2.19. The summed E-state index contributed by atoms with van der Waals surface area (Å²) in [6, 6.07) is 1.88. The highest BCUT2D eigenvalue weighted by Gasteiger charge is 2.05. The van der Waals surface area contributed by atoms with Crippen LogP contribution in [0.3, 0.4) is 0 Å². The number of rotatable bonds is 3. The second-order valence-corrected chi connectivity index (χ2v) is 4.51. The highest BCUT2D eigenvalue weighted by molar-refractivity contribution is 7.98. The van der Waals surface area contributed by atoms with Gasteiger partial charge in [-0.05, 0) is 6.07 Å². The molecule has 3 heterocycles. The number of imidazole rings is 1. The van der Waals surface area contributed by atoms with Crippen LogP contribution in [0.4, 0.5) is 0 Å². The van der Waals surface area contributed by atoms with Gasteiger partial charge in [0.1, 0.15) is 6.33 Å². The maximum absolute atomic E-state index is 4.42. The predicted octanol–water partition coefficient (Wildman–Crippen LogP) is 1.15. The molecule has 0 bridgehead atoms. The number of thioether (sulfide) groups is 1. The second kappa shape index (κ2) is 4.17. The molecule has 0 atom stereocenters. The molecule has 86 valence electrons. The van der Waals surface area contributed by atoms with Crippen LogP contribution in [-0.2, 0) is 12.8 Å². The zero-order valence-corrected chi connectivity index (χ0v) is 10.0. The van der Waals surface area contributed by atoms with Crippen LogP contribution in [0.25, 0.3) is 5.78 Å². The average Bonchev–Trinajstić information content (AvgIpc) is 2.92. The first-order valence-electron chi connectivity index (χ1n) is 5.08. The lowest BCUT2D eigenvalue weighted by Crippen LogP contribution is -1.89. The zero-order chi connectivity index (χ0) is 11.7. The van der Waals surface area contributed by atoms with E-state index < -0.39 is 0 Å². The van der Waals surface area contributed by atoms with E-state index in [0.717, 1.165) is 22.4 Å². The van der Waals surface area contributed by atoms with Crippen molar-refractivity contribution in [2.45, 2.75) is 10.9 Å². The van der Waals surface area contributed by atoms with Gasteiger partial charge in [0.2, 0.25) is 5.78 Å². The standard InChI is InChI=1S/C10H10N6S/c1-15-7-12-14-10(15)17-6-8-5-16-4-2-3-11-9(16)13-8/h2-5,7H,6H2,1H3. The summed E-state index contributed by atoms with van der Waals surface area (Å²) in [6.45, 7) is 0. The summed E-state index contributed by atoms with van der Waals surface area (Å²) < 4.78 is 3.80. The van der Waals surface area contributed by atoms with Crippen molar-refractivity contribution in [2.75, 3.05) is 0 Å². The zero-order valence-electron chi connectivity index (χ0n) is 9.19. The van der Waals surface area contributed by atoms with Gasteiger partial charge >= 0.3 is 0 Å². The van der Waals surface area contributed by atoms with Crippen LogP contribution >= 0.6 is 11.8 Å². The molecule has 0 unspecified atom stereocenters. The number of aryl methyl sites for hydroxylation is 1. The molecule has 7 heteroatoms. The Labute approximate surface area is 102 Å². The largest absolute Gasteiger partial charge is 0.312 e. The molecular weight excluding hydrogens is 236 g/mol. The number of nitrogens with zero attached hydrogens (tertiary/aromatic N) is 6. The van der Waals surface area contributed by atoms with Crippen LogP contribution in [0.15, 0.2) is 36.1 Å². The van der Waals surface area contributed by atoms with E-state index in [1.54, 1.807) is 24.3 Å². The molecule has 0 aromatic carbocycles. The lowest BCUT2D eigenvalue weighted by atomic mass is 10.6. The molecule has 0 spiro atoms. The molecular formula is C10H10N6S. The molecule has 0 aliphatic heterocycles. The first-order valence-corrected chi connectivity index (χ1v) is 6.07. The van der Waals surface area contributed by atoms with Crippen molar-refractivity contribution in [1.82, 2.24) is 29.1 Å². The van der Waals surface area contributed by atoms with Crippen molar-refractivity contribution >= 4 is 17.5 Å². The maximum Gasteiger partial charge on any atom is 0.233 e. The summed E-state index contributed by atoms with van der Waals surface area (Å²) >= 11 is 1.61. The summed E-state index contributed by atoms with van der Waals surface area (Å²) in [4.78, 5) is 8.59. The molecule has 3 aromatic heterocycles. The monoisotopic (exact) mass is 246 g/mol. The van der Waals surface area contributed by atoms with Gasteiger partial charge in [-0.25, -0.2) is 9.97 Å². The third-order valence-electron chi connectivity index (χ3n) is 2.30. The second-order valence-electron chi connectivity index (χ2n) is 3.57. The first-order chi connectivity index (χ1) is 8.33. The van der Waals surface area contributed by atoms with Gasteiger partial charge in [-0.15, -0.1) is 10.2 Å². The van der Waals surface area contributed by atoms with E-state index in [4.69, 9.17) is 0 Å². The van der Waals surface area contributed by atoms with Gasteiger partial charge in [0.05, 0.1) is 5.69 Å². The molecule has 0 fully saturated rings. The third-order valence-corrected chi connectivity index (χ3v) is 3.37. The van der Waals surface area contributed by atoms with Crippen molar-refractivity contribution in [1.29, 1.82) is 0 Å². The van der Waals surface area contributed by atoms with Crippen LogP contribution in [0.5, 0.6) is 0 Å². The molecule has 6 nitrogen and oxygen atoms in total. The van der Waals surface area contributed by atoms with Gasteiger partial charge in [-0.3, -0.25) is 4.40 Å². The van der Waals surface area contributed by atoms with Gasteiger partial charge in [0.15, 0.2) is 5.16 Å². The van der Waals surface area contributed by atoms with Gasteiger partial charge in [0.25, 0.3) is 0 Å². The number of aromatic nitrogens is 6. The van der Waals surface area contributed by atoms with E-state index >= 15 is 0 Å². The minimum atomic E-state index is 0.723. The summed E-state index contributed by atoms with van der Waals surface area (Å²) in [5.74, 6) is 1.48. The molecule has 0 aliphatic carbocycles. The first kappa shape index (κ1) is 10.3. The lowest BCUT2D eigenvalue weighted by Gasteiger charge is -1.96. The Balaban J connectivity index is 1.79. The topological polar surface area (TPSA) is 60.9 Å².